The zero-order chi connectivity index (χ0) is 15.4. The Hall–Kier alpha value is -2.01. The molecule has 21 heavy (non-hydrogen) atoms. The Morgan fingerprint density at radius 3 is 2.48 bits per heavy atom. The molecular formula is C16H18N2O2S. The smallest absolute Gasteiger partial charge is 0.254 e. The third kappa shape index (κ3) is 3.76. The summed E-state index contributed by atoms with van der Waals surface area (Å²) in [6.45, 7) is 0.517. The fourth-order valence-electron chi connectivity index (χ4n) is 1.98. The van der Waals surface area contributed by atoms with Crippen LogP contribution in [0.1, 0.15) is 15.9 Å². The third-order valence-corrected chi connectivity index (χ3v) is 4.02. The van der Waals surface area contributed by atoms with Crippen molar-refractivity contribution in [2.24, 2.45) is 7.05 Å². The van der Waals surface area contributed by atoms with Crippen LogP contribution in [0.4, 0.5) is 0 Å². The number of benzene rings is 1. The quantitative estimate of drug-likeness (QED) is 0.814. The van der Waals surface area contributed by atoms with Crippen molar-refractivity contribution in [3.8, 4) is 0 Å². The van der Waals surface area contributed by atoms with Gasteiger partial charge < -0.3 is 9.47 Å². The normalized spacial score (nSPS) is 10.4. The molecule has 2 aromatic rings. The van der Waals surface area contributed by atoms with E-state index in [0.717, 1.165) is 5.56 Å². The summed E-state index contributed by atoms with van der Waals surface area (Å²) in [7, 11) is 3.40. The summed E-state index contributed by atoms with van der Waals surface area (Å²) in [4.78, 5) is 26.7. The molecule has 0 bridgehead atoms. The molecule has 0 saturated heterocycles. The van der Waals surface area contributed by atoms with Crippen LogP contribution < -0.4 is 5.56 Å². The molecule has 0 fully saturated rings. The number of carbonyl (C=O) groups excluding carboxylic acids is 1. The molecule has 0 aliphatic rings. The van der Waals surface area contributed by atoms with E-state index in [1.807, 2.05) is 30.5 Å². The van der Waals surface area contributed by atoms with Crippen molar-refractivity contribution in [1.82, 2.24) is 9.47 Å². The van der Waals surface area contributed by atoms with Crippen LogP contribution in [-0.4, -0.2) is 28.7 Å². The van der Waals surface area contributed by atoms with E-state index < -0.39 is 0 Å². The molecule has 0 aliphatic carbocycles. The molecule has 0 radical (unpaired) electrons. The fourth-order valence-corrected chi connectivity index (χ4v) is 2.39. The number of aryl methyl sites for hydroxylation is 1. The lowest BCUT2D eigenvalue weighted by Crippen LogP contribution is -2.28. The zero-order valence-electron chi connectivity index (χ0n) is 12.4. The maximum Gasteiger partial charge on any atom is 0.254 e. The van der Waals surface area contributed by atoms with Gasteiger partial charge >= 0.3 is 0 Å². The van der Waals surface area contributed by atoms with Gasteiger partial charge in [-0.1, -0.05) is 12.1 Å². The number of nitrogens with zero attached hydrogens (tertiary/aromatic N) is 2. The van der Waals surface area contributed by atoms with E-state index in [1.165, 1.54) is 15.5 Å². The predicted molar refractivity (Wildman–Crippen MR) is 85.7 cm³/mol. The van der Waals surface area contributed by atoms with E-state index in [9.17, 15) is 9.59 Å². The second-order valence-electron chi connectivity index (χ2n) is 4.87. The first-order valence-electron chi connectivity index (χ1n) is 6.56. The van der Waals surface area contributed by atoms with Crippen LogP contribution in [0.15, 0.2) is 52.3 Å². The van der Waals surface area contributed by atoms with Gasteiger partial charge in [0.2, 0.25) is 0 Å². The standard InChI is InChI=1S/C16H18N2O2S/c1-17-9-8-13(10-15(17)19)16(20)18(2)11-12-4-6-14(21-3)7-5-12/h4-10H,11H2,1-3H3. The maximum atomic E-state index is 12.3. The second-order valence-corrected chi connectivity index (χ2v) is 5.75. The van der Waals surface area contributed by atoms with Gasteiger partial charge in [-0.25, -0.2) is 0 Å². The van der Waals surface area contributed by atoms with E-state index in [4.69, 9.17) is 0 Å². The van der Waals surface area contributed by atoms with E-state index in [-0.39, 0.29) is 11.5 Å². The lowest BCUT2D eigenvalue weighted by molar-refractivity contribution is 0.0784. The number of amides is 1. The molecule has 1 heterocycles. The fraction of sp³-hybridized carbons (Fsp3) is 0.250. The van der Waals surface area contributed by atoms with Crippen LogP contribution >= 0.6 is 11.8 Å². The average Bonchev–Trinajstić information content (AvgIpc) is 2.50. The van der Waals surface area contributed by atoms with Gasteiger partial charge in [0.15, 0.2) is 0 Å². The highest BCUT2D eigenvalue weighted by Crippen LogP contribution is 2.16. The summed E-state index contributed by atoms with van der Waals surface area (Å²) in [5.74, 6) is -0.151. The van der Waals surface area contributed by atoms with Crippen LogP contribution in [0.3, 0.4) is 0 Å². The molecule has 1 aromatic carbocycles. The molecule has 1 aromatic heterocycles. The molecule has 0 aliphatic heterocycles. The van der Waals surface area contributed by atoms with Gasteiger partial charge in [0.1, 0.15) is 0 Å². The van der Waals surface area contributed by atoms with Crippen molar-refractivity contribution < 1.29 is 4.79 Å². The topological polar surface area (TPSA) is 42.3 Å². The van der Waals surface area contributed by atoms with Crippen molar-refractivity contribution in [1.29, 1.82) is 0 Å². The van der Waals surface area contributed by atoms with Crippen molar-refractivity contribution >= 4 is 17.7 Å². The number of pyridine rings is 1. The molecule has 4 nitrogen and oxygen atoms in total. The Balaban J connectivity index is 2.11. The van der Waals surface area contributed by atoms with E-state index in [0.29, 0.717) is 12.1 Å². The number of hydrogen-bond donors (Lipinski definition) is 0. The van der Waals surface area contributed by atoms with Crippen molar-refractivity contribution in [3.63, 3.8) is 0 Å². The van der Waals surface area contributed by atoms with Gasteiger partial charge in [-0.3, -0.25) is 9.59 Å². The first kappa shape index (κ1) is 15.4. The Kier molecular flexibility index (Phi) is 4.85. The number of carbonyl (C=O) groups is 1. The first-order chi connectivity index (χ1) is 10.0. The van der Waals surface area contributed by atoms with Crippen LogP contribution in [0.5, 0.6) is 0 Å². The summed E-state index contributed by atoms with van der Waals surface area (Å²) in [6, 6.07) is 11.1. The molecule has 0 atom stereocenters. The van der Waals surface area contributed by atoms with Gasteiger partial charge in [0.25, 0.3) is 11.5 Å². The minimum Gasteiger partial charge on any atom is -0.337 e. The van der Waals surface area contributed by atoms with Crippen molar-refractivity contribution in [2.45, 2.75) is 11.4 Å². The van der Waals surface area contributed by atoms with Crippen LogP contribution in [0, 0.1) is 0 Å². The number of rotatable bonds is 4. The molecule has 1 amide bonds. The summed E-state index contributed by atoms with van der Waals surface area (Å²) < 4.78 is 1.44. The number of thioether (sulfide) groups is 1. The van der Waals surface area contributed by atoms with E-state index in [1.54, 1.807) is 43.0 Å². The van der Waals surface area contributed by atoms with Gasteiger partial charge in [-0.2, -0.15) is 0 Å². The Morgan fingerprint density at radius 1 is 1.24 bits per heavy atom. The predicted octanol–water partition coefficient (Wildman–Crippen LogP) is 2.38. The van der Waals surface area contributed by atoms with Gasteiger partial charge in [-0.05, 0) is 30.0 Å². The number of aromatic nitrogens is 1. The largest absolute Gasteiger partial charge is 0.337 e. The Labute approximate surface area is 128 Å². The molecule has 110 valence electrons. The molecular weight excluding hydrogens is 284 g/mol. The van der Waals surface area contributed by atoms with Gasteiger partial charge in [0, 0.05) is 43.4 Å². The summed E-state index contributed by atoms with van der Waals surface area (Å²) >= 11 is 1.68. The molecule has 0 N–H and O–H groups in total. The highest BCUT2D eigenvalue weighted by atomic mass is 32.2. The maximum absolute atomic E-state index is 12.3. The Bertz CT molecular complexity index is 692. The summed E-state index contributed by atoms with van der Waals surface area (Å²) in [6.07, 6.45) is 3.64. The highest BCUT2D eigenvalue weighted by molar-refractivity contribution is 7.98. The average molecular weight is 302 g/mol. The Morgan fingerprint density at radius 2 is 1.90 bits per heavy atom. The van der Waals surface area contributed by atoms with Gasteiger partial charge in [-0.15, -0.1) is 11.8 Å². The SMILES string of the molecule is CSc1ccc(CN(C)C(=O)c2ccn(C)c(=O)c2)cc1. The minimum absolute atomic E-state index is 0.151. The van der Waals surface area contributed by atoms with Crippen LogP contribution in [0.2, 0.25) is 0 Å². The van der Waals surface area contributed by atoms with E-state index in [2.05, 4.69) is 0 Å². The summed E-state index contributed by atoms with van der Waals surface area (Å²) in [5.41, 5.74) is 1.30. The summed E-state index contributed by atoms with van der Waals surface area (Å²) in [5, 5.41) is 0. The lowest BCUT2D eigenvalue weighted by atomic mass is 10.2. The van der Waals surface area contributed by atoms with Crippen LogP contribution in [0.25, 0.3) is 0 Å². The van der Waals surface area contributed by atoms with E-state index >= 15 is 0 Å². The van der Waals surface area contributed by atoms with Crippen LogP contribution in [-0.2, 0) is 13.6 Å². The lowest BCUT2D eigenvalue weighted by Gasteiger charge is -2.17. The monoisotopic (exact) mass is 302 g/mol. The second kappa shape index (κ2) is 6.63. The van der Waals surface area contributed by atoms with Crippen molar-refractivity contribution in [2.75, 3.05) is 13.3 Å². The third-order valence-electron chi connectivity index (χ3n) is 3.28. The number of hydrogen-bond acceptors (Lipinski definition) is 3. The highest BCUT2D eigenvalue weighted by Gasteiger charge is 2.12. The molecule has 2 rings (SSSR count). The molecule has 0 spiro atoms. The molecule has 0 saturated carbocycles. The van der Waals surface area contributed by atoms with Gasteiger partial charge in [0.05, 0.1) is 0 Å². The zero-order valence-corrected chi connectivity index (χ0v) is 13.2. The molecule has 0 unspecified atom stereocenters. The minimum atomic E-state index is -0.182. The molecule has 5 heteroatoms. The first-order valence-corrected chi connectivity index (χ1v) is 7.79. The van der Waals surface area contributed by atoms with Crippen molar-refractivity contribution in [3.05, 3.63) is 64.1 Å².